The first kappa shape index (κ1) is 13.6. The minimum absolute atomic E-state index is 0.438. The van der Waals surface area contributed by atoms with Gasteiger partial charge in [-0.15, -0.1) is 21.5 Å². The Morgan fingerprint density at radius 3 is 2.90 bits per heavy atom. The summed E-state index contributed by atoms with van der Waals surface area (Å²) in [6.07, 6.45) is 0. The van der Waals surface area contributed by atoms with Crippen LogP contribution in [0.5, 0.6) is 0 Å². The standard InChI is InChI=1S/C13H10ClN3OS2/c1-8-6-19-11(15-8)7-20-13-17-16-12(18-13)9-4-2-3-5-10(9)14/h2-6H,7H2,1H3. The molecular weight excluding hydrogens is 314 g/mol. The lowest BCUT2D eigenvalue weighted by molar-refractivity contribution is 0.466. The number of nitrogens with zero attached hydrogens (tertiary/aromatic N) is 3. The SMILES string of the molecule is Cc1csc(CSc2nnc(-c3ccccc3Cl)o2)n1. The molecule has 20 heavy (non-hydrogen) atoms. The van der Waals surface area contributed by atoms with Crippen molar-refractivity contribution < 1.29 is 4.42 Å². The Morgan fingerprint density at radius 2 is 2.15 bits per heavy atom. The van der Waals surface area contributed by atoms with Crippen LogP contribution in [-0.2, 0) is 5.75 Å². The fraction of sp³-hybridized carbons (Fsp3) is 0.154. The van der Waals surface area contributed by atoms with Gasteiger partial charge in [0.05, 0.1) is 16.3 Å². The summed E-state index contributed by atoms with van der Waals surface area (Å²) in [5, 5.41) is 12.2. The molecule has 0 aliphatic rings. The van der Waals surface area contributed by atoms with E-state index in [1.54, 1.807) is 17.4 Å². The highest BCUT2D eigenvalue weighted by molar-refractivity contribution is 7.98. The third-order valence-corrected chi connectivity index (χ3v) is 4.81. The van der Waals surface area contributed by atoms with Crippen LogP contribution in [0.25, 0.3) is 11.5 Å². The molecule has 0 atom stereocenters. The number of halogens is 1. The van der Waals surface area contributed by atoms with Crippen LogP contribution in [0.3, 0.4) is 0 Å². The van der Waals surface area contributed by atoms with E-state index in [1.165, 1.54) is 11.8 Å². The van der Waals surface area contributed by atoms with Crippen molar-refractivity contribution in [2.24, 2.45) is 0 Å². The quantitative estimate of drug-likeness (QED) is 0.664. The van der Waals surface area contributed by atoms with Gasteiger partial charge in [0, 0.05) is 11.1 Å². The summed E-state index contributed by atoms with van der Waals surface area (Å²) in [5.41, 5.74) is 1.78. The van der Waals surface area contributed by atoms with Crippen LogP contribution in [0.2, 0.25) is 5.02 Å². The lowest BCUT2D eigenvalue weighted by Crippen LogP contribution is -1.79. The highest BCUT2D eigenvalue weighted by Crippen LogP contribution is 2.30. The van der Waals surface area contributed by atoms with E-state index >= 15 is 0 Å². The molecule has 2 heterocycles. The fourth-order valence-electron chi connectivity index (χ4n) is 1.60. The Morgan fingerprint density at radius 1 is 1.30 bits per heavy atom. The van der Waals surface area contributed by atoms with Crippen molar-refractivity contribution >= 4 is 34.7 Å². The molecule has 0 bridgehead atoms. The smallest absolute Gasteiger partial charge is 0.277 e. The molecule has 2 aromatic heterocycles. The first-order valence-electron chi connectivity index (χ1n) is 5.84. The zero-order valence-electron chi connectivity index (χ0n) is 10.5. The van der Waals surface area contributed by atoms with Crippen LogP contribution in [-0.4, -0.2) is 15.2 Å². The molecule has 0 radical (unpaired) electrons. The summed E-state index contributed by atoms with van der Waals surface area (Å²) in [6, 6.07) is 7.40. The van der Waals surface area contributed by atoms with Crippen molar-refractivity contribution in [3.63, 3.8) is 0 Å². The summed E-state index contributed by atoms with van der Waals surface area (Å²) in [5.74, 6) is 1.16. The first-order chi connectivity index (χ1) is 9.72. The average molecular weight is 324 g/mol. The highest BCUT2D eigenvalue weighted by atomic mass is 35.5. The van der Waals surface area contributed by atoms with E-state index in [4.69, 9.17) is 16.0 Å². The third-order valence-electron chi connectivity index (χ3n) is 2.50. The topological polar surface area (TPSA) is 51.8 Å². The summed E-state index contributed by atoms with van der Waals surface area (Å²) in [6.45, 7) is 1.98. The van der Waals surface area contributed by atoms with E-state index in [0.717, 1.165) is 22.0 Å². The predicted molar refractivity (Wildman–Crippen MR) is 81.2 cm³/mol. The van der Waals surface area contributed by atoms with E-state index in [9.17, 15) is 0 Å². The molecule has 4 nitrogen and oxygen atoms in total. The van der Waals surface area contributed by atoms with Gasteiger partial charge in [-0.05, 0) is 19.1 Å². The zero-order chi connectivity index (χ0) is 13.9. The maximum Gasteiger partial charge on any atom is 0.277 e. The largest absolute Gasteiger partial charge is 0.411 e. The van der Waals surface area contributed by atoms with E-state index in [2.05, 4.69) is 15.2 Å². The minimum atomic E-state index is 0.438. The number of benzene rings is 1. The molecule has 7 heteroatoms. The minimum Gasteiger partial charge on any atom is -0.411 e. The molecule has 3 rings (SSSR count). The number of rotatable bonds is 4. The van der Waals surface area contributed by atoms with Crippen LogP contribution in [0, 0.1) is 6.92 Å². The van der Waals surface area contributed by atoms with Gasteiger partial charge in [-0.3, -0.25) is 0 Å². The monoisotopic (exact) mass is 323 g/mol. The molecule has 102 valence electrons. The van der Waals surface area contributed by atoms with Crippen molar-refractivity contribution in [1.82, 2.24) is 15.2 Å². The molecule has 0 unspecified atom stereocenters. The second kappa shape index (κ2) is 5.95. The maximum absolute atomic E-state index is 6.10. The average Bonchev–Trinajstić information content (AvgIpc) is 3.06. The second-order valence-corrected chi connectivity index (χ2v) is 6.30. The summed E-state index contributed by atoms with van der Waals surface area (Å²) < 4.78 is 5.61. The molecule has 0 aliphatic carbocycles. The lowest BCUT2D eigenvalue weighted by Gasteiger charge is -1.96. The van der Waals surface area contributed by atoms with E-state index in [0.29, 0.717) is 16.1 Å². The molecule has 0 saturated heterocycles. The number of thiazole rings is 1. The molecule has 1 aromatic carbocycles. The number of hydrogen-bond acceptors (Lipinski definition) is 6. The van der Waals surface area contributed by atoms with Gasteiger partial charge in [-0.2, -0.15) is 0 Å². The summed E-state index contributed by atoms with van der Waals surface area (Å²) in [7, 11) is 0. The summed E-state index contributed by atoms with van der Waals surface area (Å²) in [4.78, 5) is 4.39. The van der Waals surface area contributed by atoms with Crippen molar-refractivity contribution in [3.8, 4) is 11.5 Å². The zero-order valence-corrected chi connectivity index (χ0v) is 12.9. The molecule has 3 aromatic rings. The Bertz CT molecular complexity index is 726. The van der Waals surface area contributed by atoms with Crippen LogP contribution >= 0.6 is 34.7 Å². The van der Waals surface area contributed by atoms with E-state index in [1.807, 2.05) is 30.5 Å². The second-order valence-electron chi connectivity index (χ2n) is 4.02. The predicted octanol–water partition coefficient (Wildman–Crippen LogP) is 4.45. The Kier molecular flexibility index (Phi) is 4.05. The van der Waals surface area contributed by atoms with Gasteiger partial charge in [-0.1, -0.05) is 35.5 Å². The molecule has 0 amide bonds. The third kappa shape index (κ3) is 3.03. The van der Waals surface area contributed by atoms with Crippen molar-refractivity contribution in [3.05, 3.63) is 45.4 Å². The molecule has 0 spiro atoms. The van der Waals surface area contributed by atoms with Crippen LogP contribution < -0.4 is 0 Å². The molecular formula is C13H10ClN3OS2. The van der Waals surface area contributed by atoms with Crippen molar-refractivity contribution in [2.75, 3.05) is 0 Å². The summed E-state index contributed by atoms with van der Waals surface area (Å²) >= 11 is 9.21. The van der Waals surface area contributed by atoms with Crippen LogP contribution in [0.4, 0.5) is 0 Å². The number of aryl methyl sites for hydroxylation is 1. The van der Waals surface area contributed by atoms with Gasteiger partial charge in [0.2, 0.25) is 5.89 Å². The Balaban J connectivity index is 1.72. The van der Waals surface area contributed by atoms with Crippen LogP contribution in [0.1, 0.15) is 10.7 Å². The van der Waals surface area contributed by atoms with Gasteiger partial charge < -0.3 is 4.42 Å². The first-order valence-corrected chi connectivity index (χ1v) is 8.09. The van der Waals surface area contributed by atoms with Crippen LogP contribution in [0.15, 0.2) is 39.3 Å². The number of hydrogen-bond donors (Lipinski definition) is 0. The maximum atomic E-state index is 6.10. The molecule has 0 saturated carbocycles. The van der Waals surface area contributed by atoms with E-state index in [-0.39, 0.29) is 0 Å². The lowest BCUT2D eigenvalue weighted by atomic mass is 10.2. The molecule has 0 aliphatic heterocycles. The number of aromatic nitrogens is 3. The van der Waals surface area contributed by atoms with E-state index < -0.39 is 0 Å². The molecule has 0 fully saturated rings. The van der Waals surface area contributed by atoms with Gasteiger partial charge in [-0.25, -0.2) is 4.98 Å². The fourth-order valence-corrected chi connectivity index (χ4v) is 3.37. The van der Waals surface area contributed by atoms with Gasteiger partial charge in [0.1, 0.15) is 5.01 Å². The van der Waals surface area contributed by atoms with Crippen molar-refractivity contribution in [1.29, 1.82) is 0 Å². The van der Waals surface area contributed by atoms with Crippen molar-refractivity contribution in [2.45, 2.75) is 17.9 Å². The van der Waals surface area contributed by atoms with Gasteiger partial charge >= 0.3 is 0 Å². The van der Waals surface area contributed by atoms with Gasteiger partial charge in [0.15, 0.2) is 0 Å². The Labute approximate surface area is 129 Å². The normalized spacial score (nSPS) is 10.9. The number of thioether (sulfide) groups is 1. The molecule has 0 N–H and O–H groups in total. The van der Waals surface area contributed by atoms with Gasteiger partial charge in [0.25, 0.3) is 5.22 Å². The Hall–Kier alpha value is -1.37. The highest BCUT2D eigenvalue weighted by Gasteiger charge is 2.12.